The molecule has 2 amide bonds. The van der Waals surface area contributed by atoms with Gasteiger partial charge in [-0.25, -0.2) is 0 Å². The second-order valence-corrected chi connectivity index (χ2v) is 9.63. The summed E-state index contributed by atoms with van der Waals surface area (Å²) in [5, 5.41) is 13.7. The minimum atomic E-state index is -4.40. The number of aliphatic hydroxyl groups is 1. The van der Waals surface area contributed by atoms with Crippen molar-refractivity contribution in [3.05, 3.63) is 35.9 Å². The molecule has 2 fully saturated rings. The van der Waals surface area contributed by atoms with Crippen LogP contribution in [0, 0.1) is 11.8 Å². The first-order valence-electron chi connectivity index (χ1n) is 11.9. The topological polar surface area (TPSA) is 122 Å². The Hall–Kier alpha value is -2.17. The number of carbonyl (C=O) groups is 2. The molecule has 0 unspecified atom stereocenters. The van der Waals surface area contributed by atoms with Gasteiger partial charge in [0.15, 0.2) is 0 Å². The van der Waals surface area contributed by atoms with Gasteiger partial charge in [-0.3, -0.25) is 14.5 Å². The normalized spacial score (nSPS) is 26.2. The summed E-state index contributed by atoms with van der Waals surface area (Å²) in [6.07, 6.45) is -2.06. The van der Waals surface area contributed by atoms with E-state index in [1.165, 1.54) is 4.90 Å². The van der Waals surface area contributed by atoms with Crippen LogP contribution < -0.4 is 16.8 Å². The van der Waals surface area contributed by atoms with E-state index in [9.17, 15) is 27.9 Å². The van der Waals surface area contributed by atoms with Crippen LogP contribution in [0.3, 0.4) is 0 Å². The molecule has 190 valence electrons. The average molecular weight is 485 g/mol. The molecule has 0 aromatic heterocycles. The fourth-order valence-electron chi connectivity index (χ4n) is 5.52. The molecule has 10 heteroatoms. The molecule has 0 spiro atoms. The summed E-state index contributed by atoms with van der Waals surface area (Å²) in [5.74, 6) is -1.84. The number of alkyl halides is 3. The molecule has 2 aliphatic rings. The summed E-state index contributed by atoms with van der Waals surface area (Å²) in [7, 11) is 0. The van der Waals surface area contributed by atoms with Crippen molar-refractivity contribution in [1.82, 2.24) is 10.2 Å². The lowest BCUT2D eigenvalue weighted by Crippen LogP contribution is -2.61. The van der Waals surface area contributed by atoms with E-state index < -0.39 is 48.1 Å². The van der Waals surface area contributed by atoms with Crippen molar-refractivity contribution in [2.75, 3.05) is 13.1 Å². The smallest absolute Gasteiger partial charge is 0.390 e. The molecule has 1 heterocycles. The maximum absolute atomic E-state index is 14.1. The highest BCUT2D eigenvalue weighted by molar-refractivity contribution is 5.87. The summed E-state index contributed by atoms with van der Waals surface area (Å²) in [5.41, 5.74) is 11.7. The lowest BCUT2D eigenvalue weighted by Gasteiger charge is -2.49. The summed E-state index contributed by atoms with van der Waals surface area (Å²) >= 11 is 0. The number of hydrogen-bond donors (Lipinski definition) is 4. The highest BCUT2D eigenvalue weighted by Crippen LogP contribution is 2.45. The van der Waals surface area contributed by atoms with Gasteiger partial charge in [-0.2, -0.15) is 13.2 Å². The lowest BCUT2D eigenvalue weighted by molar-refractivity contribution is -0.219. The molecule has 34 heavy (non-hydrogen) atoms. The number of nitrogens with two attached hydrogens (primary N) is 2. The number of carbonyl (C=O) groups excluding carboxylic acids is 2. The number of benzene rings is 1. The molecule has 1 aromatic carbocycles. The number of nitrogens with one attached hydrogen (secondary N) is 1. The first kappa shape index (κ1) is 26.4. The Bertz CT molecular complexity index is 823. The Balaban J connectivity index is 1.76. The van der Waals surface area contributed by atoms with Gasteiger partial charge in [0.25, 0.3) is 0 Å². The average Bonchev–Trinajstić information content (AvgIpc) is 2.77. The highest BCUT2D eigenvalue weighted by Gasteiger charge is 2.53. The summed E-state index contributed by atoms with van der Waals surface area (Å²) in [4.78, 5) is 25.0. The Morgan fingerprint density at radius 1 is 1.15 bits per heavy atom. The first-order valence-corrected chi connectivity index (χ1v) is 11.9. The number of β-amino-alcohol motifs (C(OH)–C–C–N with tert-alkyl or cyclic N) is 1. The SMILES string of the molecule is NC(=O)C[C@H](N)C(=O)N[C@@H](Cc1ccccc1)[C@H](O)CN1CC[C@@H]2CCCC[C@@H]2[C@@H]1C(F)(F)F. The third-order valence-corrected chi connectivity index (χ3v) is 7.16. The third-order valence-electron chi connectivity index (χ3n) is 7.16. The van der Waals surface area contributed by atoms with Crippen LogP contribution >= 0.6 is 0 Å². The lowest BCUT2D eigenvalue weighted by atomic mass is 9.70. The maximum Gasteiger partial charge on any atom is 0.404 e. The van der Waals surface area contributed by atoms with Gasteiger partial charge < -0.3 is 21.9 Å². The Kier molecular flexibility index (Phi) is 8.95. The molecular weight excluding hydrogens is 449 g/mol. The Morgan fingerprint density at radius 2 is 1.82 bits per heavy atom. The summed E-state index contributed by atoms with van der Waals surface area (Å²) in [6.45, 7) is 0.0197. The minimum Gasteiger partial charge on any atom is -0.390 e. The number of nitrogens with zero attached hydrogens (tertiary/aromatic N) is 1. The molecule has 0 bridgehead atoms. The van der Waals surface area contributed by atoms with Crippen molar-refractivity contribution in [3.8, 4) is 0 Å². The molecule has 1 aliphatic heterocycles. The van der Waals surface area contributed by atoms with Crippen molar-refractivity contribution in [3.63, 3.8) is 0 Å². The molecule has 0 radical (unpaired) electrons. The van der Waals surface area contributed by atoms with Gasteiger partial charge in [-0.15, -0.1) is 0 Å². The summed E-state index contributed by atoms with van der Waals surface area (Å²) in [6, 6.07) is 5.34. The quantitative estimate of drug-likeness (QED) is 0.425. The van der Waals surface area contributed by atoms with Crippen molar-refractivity contribution in [2.45, 2.75) is 75.4 Å². The number of likely N-dealkylation sites (tertiary alicyclic amines) is 1. The molecule has 1 aliphatic carbocycles. The second-order valence-electron chi connectivity index (χ2n) is 9.63. The Labute approximate surface area is 198 Å². The van der Waals surface area contributed by atoms with Crippen molar-refractivity contribution in [1.29, 1.82) is 0 Å². The van der Waals surface area contributed by atoms with E-state index in [0.717, 1.165) is 24.8 Å². The number of hydrogen-bond acceptors (Lipinski definition) is 5. The number of fused-ring (bicyclic) bond motifs is 1. The van der Waals surface area contributed by atoms with E-state index in [2.05, 4.69) is 5.32 Å². The molecule has 1 saturated heterocycles. The van der Waals surface area contributed by atoms with E-state index in [1.807, 2.05) is 6.07 Å². The third kappa shape index (κ3) is 6.93. The molecule has 7 nitrogen and oxygen atoms in total. The van der Waals surface area contributed by atoms with Crippen LogP contribution in [0.15, 0.2) is 30.3 Å². The number of piperidine rings is 1. The van der Waals surface area contributed by atoms with Gasteiger partial charge in [-0.05, 0) is 43.2 Å². The van der Waals surface area contributed by atoms with E-state index in [-0.39, 0.29) is 31.8 Å². The molecule has 6 atom stereocenters. The van der Waals surface area contributed by atoms with Crippen LogP contribution in [0.4, 0.5) is 13.2 Å². The van der Waals surface area contributed by atoms with Gasteiger partial charge in [0.2, 0.25) is 11.8 Å². The van der Waals surface area contributed by atoms with Gasteiger partial charge >= 0.3 is 6.18 Å². The maximum atomic E-state index is 14.1. The van der Waals surface area contributed by atoms with E-state index in [4.69, 9.17) is 11.5 Å². The van der Waals surface area contributed by atoms with Crippen LogP contribution in [-0.4, -0.2) is 65.3 Å². The monoisotopic (exact) mass is 484 g/mol. The zero-order valence-electron chi connectivity index (χ0n) is 19.2. The second kappa shape index (κ2) is 11.5. The molecular formula is C24H35F3N4O3. The van der Waals surface area contributed by atoms with Crippen LogP contribution in [-0.2, 0) is 16.0 Å². The minimum absolute atomic E-state index is 0.0559. The summed E-state index contributed by atoms with van der Waals surface area (Å²) < 4.78 is 42.4. The fourth-order valence-corrected chi connectivity index (χ4v) is 5.52. The van der Waals surface area contributed by atoms with Crippen LogP contribution in [0.1, 0.15) is 44.1 Å². The predicted molar refractivity (Wildman–Crippen MR) is 121 cm³/mol. The Morgan fingerprint density at radius 3 is 2.47 bits per heavy atom. The first-order chi connectivity index (χ1) is 16.1. The predicted octanol–water partition coefficient (Wildman–Crippen LogP) is 1.72. The zero-order chi connectivity index (χ0) is 24.9. The van der Waals surface area contributed by atoms with Gasteiger partial charge in [0, 0.05) is 6.54 Å². The molecule has 1 aromatic rings. The largest absolute Gasteiger partial charge is 0.404 e. The van der Waals surface area contributed by atoms with Gasteiger partial charge in [0.05, 0.1) is 24.6 Å². The van der Waals surface area contributed by atoms with E-state index >= 15 is 0 Å². The fraction of sp³-hybridized carbons (Fsp3) is 0.667. The van der Waals surface area contributed by atoms with Gasteiger partial charge in [-0.1, -0.05) is 49.6 Å². The highest BCUT2D eigenvalue weighted by atomic mass is 19.4. The van der Waals surface area contributed by atoms with Crippen LogP contribution in [0.25, 0.3) is 0 Å². The number of amides is 2. The zero-order valence-corrected chi connectivity index (χ0v) is 19.2. The van der Waals surface area contributed by atoms with Crippen molar-refractivity contribution < 1.29 is 27.9 Å². The van der Waals surface area contributed by atoms with Gasteiger partial charge in [0.1, 0.15) is 6.04 Å². The van der Waals surface area contributed by atoms with Crippen LogP contribution in [0.2, 0.25) is 0 Å². The standard InChI is InChI=1S/C24H35F3N4O3/c25-24(26,27)22-17-9-5-4-8-16(17)10-11-31(22)14-20(32)19(12-15-6-2-1-3-7-15)30-23(34)18(28)13-21(29)33/h1-3,6-7,16-20,22,32H,4-5,8-14,28H2,(H2,29,33)(H,30,34)/t16-,17-,18-,19-,20+,22+/m0/s1. The van der Waals surface area contributed by atoms with Crippen LogP contribution in [0.5, 0.6) is 0 Å². The number of halogens is 3. The van der Waals surface area contributed by atoms with E-state index in [1.54, 1.807) is 24.3 Å². The number of primary amides is 1. The van der Waals surface area contributed by atoms with E-state index in [0.29, 0.717) is 12.8 Å². The number of rotatable bonds is 9. The van der Waals surface area contributed by atoms with Crippen molar-refractivity contribution >= 4 is 11.8 Å². The molecule has 1 saturated carbocycles. The molecule has 3 rings (SSSR count). The van der Waals surface area contributed by atoms with Crippen molar-refractivity contribution in [2.24, 2.45) is 23.3 Å². The molecule has 6 N–H and O–H groups in total. The number of aliphatic hydroxyl groups excluding tert-OH is 1.